The van der Waals surface area contributed by atoms with Gasteiger partial charge in [0.2, 0.25) is 5.91 Å². The molecule has 1 atom stereocenters. The van der Waals surface area contributed by atoms with Gasteiger partial charge in [0.25, 0.3) is 0 Å². The summed E-state index contributed by atoms with van der Waals surface area (Å²) in [6.07, 6.45) is 3.85. The highest BCUT2D eigenvalue weighted by Gasteiger charge is 2.17. The van der Waals surface area contributed by atoms with E-state index in [2.05, 4.69) is 27.9 Å². The van der Waals surface area contributed by atoms with Crippen LogP contribution >= 0.6 is 22.6 Å². The van der Waals surface area contributed by atoms with Crippen molar-refractivity contribution < 1.29 is 9.53 Å². The molecular formula is C13H16INO2. The molecule has 0 saturated carbocycles. The summed E-state index contributed by atoms with van der Waals surface area (Å²) in [5.74, 6) is 0.0406. The van der Waals surface area contributed by atoms with Crippen molar-refractivity contribution >= 4 is 34.2 Å². The molecule has 4 heteroatoms. The van der Waals surface area contributed by atoms with Crippen molar-refractivity contribution in [3.05, 3.63) is 27.8 Å². The van der Waals surface area contributed by atoms with Crippen LogP contribution < -0.4 is 5.32 Å². The number of ether oxygens (including phenoxy) is 1. The summed E-state index contributed by atoms with van der Waals surface area (Å²) < 4.78 is 6.67. The molecule has 1 N–H and O–H groups in total. The van der Waals surface area contributed by atoms with Gasteiger partial charge in [0, 0.05) is 15.9 Å². The number of rotatable bonds is 3. The number of carbonyl (C=O) groups is 1. The van der Waals surface area contributed by atoms with Crippen LogP contribution in [-0.2, 0) is 9.53 Å². The van der Waals surface area contributed by atoms with Crippen LogP contribution in [0, 0.1) is 3.57 Å². The van der Waals surface area contributed by atoms with Gasteiger partial charge >= 0.3 is 0 Å². The molecule has 0 aromatic heterocycles. The Morgan fingerprint density at radius 3 is 3.06 bits per heavy atom. The van der Waals surface area contributed by atoms with Crippen molar-refractivity contribution in [2.45, 2.75) is 31.8 Å². The van der Waals surface area contributed by atoms with Gasteiger partial charge in [-0.25, -0.2) is 0 Å². The van der Waals surface area contributed by atoms with E-state index in [1.807, 2.05) is 24.3 Å². The molecule has 17 heavy (non-hydrogen) atoms. The van der Waals surface area contributed by atoms with Crippen LogP contribution in [0.25, 0.3) is 0 Å². The van der Waals surface area contributed by atoms with Crippen LogP contribution in [0.1, 0.15) is 25.7 Å². The summed E-state index contributed by atoms with van der Waals surface area (Å²) in [5, 5.41) is 2.91. The SMILES string of the molecule is O=C(CC1CCCCO1)Nc1cccc(I)c1. The summed E-state index contributed by atoms with van der Waals surface area (Å²) in [6, 6.07) is 7.80. The first kappa shape index (κ1) is 12.8. The van der Waals surface area contributed by atoms with Crippen molar-refractivity contribution in [3.8, 4) is 0 Å². The zero-order chi connectivity index (χ0) is 12.1. The van der Waals surface area contributed by atoms with E-state index in [9.17, 15) is 4.79 Å². The van der Waals surface area contributed by atoms with E-state index < -0.39 is 0 Å². The first-order valence-corrected chi connectivity index (χ1v) is 6.99. The summed E-state index contributed by atoms with van der Waals surface area (Å²) in [4.78, 5) is 11.8. The van der Waals surface area contributed by atoms with Gasteiger partial charge < -0.3 is 10.1 Å². The second-order valence-electron chi connectivity index (χ2n) is 4.25. The lowest BCUT2D eigenvalue weighted by Crippen LogP contribution is -2.25. The highest BCUT2D eigenvalue weighted by atomic mass is 127. The van der Waals surface area contributed by atoms with Crippen molar-refractivity contribution in [2.75, 3.05) is 11.9 Å². The fourth-order valence-electron chi connectivity index (χ4n) is 1.95. The maximum atomic E-state index is 11.8. The average Bonchev–Trinajstić information content (AvgIpc) is 2.30. The Balaban J connectivity index is 1.84. The number of hydrogen-bond acceptors (Lipinski definition) is 2. The quantitative estimate of drug-likeness (QED) is 0.855. The lowest BCUT2D eigenvalue weighted by molar-refractivity contribution is -0.119. The Bertz CT molecular complexity index is 389. The zero-order valence-corrected chi connectivity index (χ0v) is 11.8. The molecule has 1 unspecified atom stereocenters. The van der Waals surface area contributed by atoms with Gasteiger partial charge in [0.15, 0.2) is 0 Å². The lowest BCUT2D eigenvalue weighted by atomic mass is 10.1. The molecule has 1 aromatic rings. The monoisotopic (exact) mass is 345 g/mol. The maximum absolute atomic E-state index is 11.8. The molecule has 0 aliphatic carbocycles. The Kier molecular flexibility index (Phi) is 4.79. The number of amides is 1. The lowest BCUT2D eigenvalue weighted by Gasteiger charge is -2.21. The van der Waals surface area contributed by atoms with Crippen molar-refractivity contribution in [1.29, 1.82) is 0 Å². The predicted molar refractivity (Wildman–Crippen MR) is 76.0 cm³/mol. The summed E-state index contributed by atoms with van der Waals surface area (Å²) in [5.41, 5.74) is 0.859. The molecule has 0 spiro atoms. The minimum Gasteiger partial charge on any atom is -0.378 e. The molecule has 1 fully saturated rings. The van der Waals surface area contributed by atoms with Gasteiger partial charge in [-0.3, -0.25) is 4.79 Å². The summed E-state index contributed by atoms with van der Waals surface area (Å²) in [6.45, 7) is 0.793. The second-order valence-corrected chi connectivity index (χ2v) is 5.50. The third-order valence-corrected chi connectivity index (χ3v) is 3.47. The van der Waals surface area contributed by atoms with E-state index in [-0.39, 0.29) is 12.0 Å². The average molecular weight is 345 g/mol. The van der Waals surface area contributed by atoms with E-state index in [4.69, 9.17) is 4.74 Å². The van der Waals surface area contributed by atoms with Crippen LogP contribution in [0.2, 0.25) is 0 Å². The molecule has 1 aromatic carbocycles. The first-order valence-electron chi connectivity index (χ1n) is 5.91. The molecule has 1 aliphatic rings. The van der Waals surface area contributed by atoms with Gasteiger partial charge in [-0.05, 0) is 60.1 Å². The third kappa shape index (κ3) is 4.27. The van der Waals surface area contributed by atoms with Crippen LogP contribution in [0.15, 0.2) is 24.3 Å². The van der Waals surface area contributed by atoms with Crippen molar-refractivity contribution in [3.63, 3.8) is 0 Å². The molecule has 1 saturated heterocycles. The van der Waals surface area contributed by atoms with Gasteiger partial charge in [-0.1, -0.05) is 6.07 Å². The van der Waals surface area contributed by atoms with Crippen LogP contribution in [0.4, 0.5) is 5.69 Å². The predicted octanol–water partition coefficient (Wildman–Crippen LogP) is 3.19. The fraction of sp³-hybridized carbons (Fsp3) is 0.462. The van der Waals surface area contributed by atoms with Gasteiger partial charge in [0.05, 0.1) is 12.5 Å². The molecule has 3 nitrogen and oxygen atoms in total. The first-order chi connectivity index (χ1) is 8.24. The second kappa shape index (κ2) is 6.35. The minimum absolute atomic E-state index is 0.0406. The molecule has 0 bridgehead atoms. The largest absolute Gasteiger partial charge is 0.378 e. The van der Waals surface area contributed by atoms with E-state index in [1.165, 1.54) is 6.42 Å². The van der Waals surface area contributed by atoms with Crippen LogP contribution in [0.3, 0.4) is 0 Å². The fourth-order valence-corrected chi connectivity index (χ4v) is 2.50. The van der Waals surface area contributed by atoms with Crippen molar-refractivity contribution in [2.24, 2.45) is 0 Å². The van der Waals surface area contributed by atoms with E-state index in [0.29, 0.717) is 6.42 Å². The highest BCUT2D eigenvalue weighted by Crippen LogP contribution is 2.17. The van der Waals surface area contributed by atoms with Crippen molar-refractivity contribution in [1.82, 2.24) is 0 Å². The molecular weight excluding hydrogens is 329 g/mol. The van der Waals surface area contributed by atoms with E-state index in [1.54, 1.807) is 0 Å². The van der Waals surface area contributed by atoms with Gasteiger partial charge in [-0.2, -0.15) is 0 Å². The molecule has 2 rings (SSSR count). The Morgan fingerprint density at radius 2 is 2.35 bits per heavy atom. The van der Waals surface area contributed by atoms with Crippen LogP contribution in [0.5, 0.6) is 0 Å². The van der Waals surface area contributed by atoms with E-state index in [0.717, 1.165) is 28.7 Å². The topological polar surface area (TPSA) is 38.3 Å². The Hall–Kier alpha value is -0.620. The van der Waals surface area contributed by atoms with Gasteiger partial charge in [0.1, 0.15) is 0 Å². The zero-order valence-electron chi connectivity index (χ0n) is 9.62. The number of anilines is 1. The summed E-state index contributed by atoms with van der Waals surface area (Å²) >= 11 is 2.23. The van der Waals surface area contributed by atoms with Gasteiger partial charge in [-0.15, -0.1) is 0 Å². The number of benzene rings is 1. The van der Waals surface area contributed by atoms with Crippen LogP contribution in [-0.4, -0.2) is 18.6 Å². The number of halogens is 1. The number of hydrogen-bond donors (Lipinski definition) is 1. The smallest absolute Gasteiger partial charge is 0.226 e. The number of nitrogens with one attached hydrogen (secondary N) is 1. The number of carbonyl (C=O) groups excluding carboxylic acids is 1. The normalized spacial score (nSPS) is 19.9. The highest BCUT2D eigenvalue weighted by molar-refractivity contribution is 14.1. The molecule has 1 aliphatic heterocycles. The third-order valence-electron chi connectivity index (χ3n) is 2.80. The minimum atomic E-state index is 0.0406. The summed E-state index contributed by atoms with van der Waals surface area (Å²) in [7, 11) is 0. The Labute approximate surface area is 115 Å². The standard InChI is InChI=1S/C13H16INO2/c14-10-4-3-5-11(8-10)15-13(16)9-12-6-1-2-7-17-12/h3-5,8,12H,1-2,6-7,9H2,(H,15,16). The van der Waals surface area contributed by atoms with E-state index >= 15 is 0 Å². The Morgan fingerprint density at radius 1 is 1.47 bits per heavy atom. The maximum Gasteiger partial charge on any atom is 0.226 e. The molecule has 1 heterocycles. The molecule has 0 radical (unpaired) electrons. The molecule has 92 valence electrons. The molecule has 1 amide bonds.